The SMILES string of the molecule is CCOC(CC1CC1C)C(=O)CC(C)(C)C. The molecule has 1 fully saturated rings. The van der Waals surface area contributed by atoms with Gasteiger partial charge in [-0.3, -0.25) is 4.79 Å². The summed E-state index contributed by atoms with van der Waals surface area (Å²) in [5.74, 6) is 1.80. The highest BCUT2D eigenvalue weighted by Gasteiger charge is 2.37. The van der Waals surface area contributed by atoms with E-state index in [4.69, 9.17) is 4.74 Å². The summed E-state index contributed by atoms with van der Waals surface area (Å²) in [6.45, 7) is 11.2. The molecule has 0 amide bonds. The number of rotatable bonds is 6. The van der Waals surface area contributed by atoms with Gasteiger partial charge >= 0.3 is 0 Å². The van der Waals surface area contributed by atoms with Crippen LogP contribution in [-0.4, -0.2) is 18.5 Å². The Bertz CT molecular complexity index is 240. The van der Waals surface area contributed by atoms with Crippen molar-refractivity contribution in [2.45, 2.75) is 60.0 Å². The number of carbonyl (C=O) groups excluding carboxylic acids is 1. The topological polar surface area (TPSA) is 26.3 Å². The highest BCUT2D eigenvalue weighted by molar-refractivity contribution is 5.83. The van der Waals surface area contributed by atoms with Crippen LogP contribution in [0.4, 0.5) is 0 Å². The molecule has 0 spiro atoms. The van der Waals surface area contributed by atoms with Gasteiger partial charge in [-0.15, -0.1) is 0 Å². The Balaban J connectivity index is 2.45. The average molecular weight is 226 g/mol. The highest BCUT2D eigenvalue weighted by Crippen LogP contribution is 2.42. The van der Waals surface area contributed by atoms with Crippen molar-refractivity contribution in [2.75, 3.05) is 6.61 Å². The van der Waals surface area contributed by atoms with Crippen LogP contribution in [0.1, 0.15) is 53.9 Å². The van der Waals surface area contributed by atoms with Crippen molar-refractivity contribution in [1.82, 2.24) is 0 Å². The van der Waals surface area contributed by atoms with E-state index in [0.29, 0.717) is 13.0 Å². The van der Waals surface area contributed by atoms with Crippen molar-refractivity contribution in [3.05, 3.63) is 0 Å². The second-order valence-corrected chi connectivity index (χ2v) is 6.36. The van der Waals surface area contributed by atoms with Gasteiger partial charge in [0.2, 0.25) is 0 Å². The van der Waals surface area contributed by atoms with E-state index in [-0.39, 0.29) is 17.3 Å². The lowest BCUT2D eigenvalue weighted by Crippen LogP contribution is -2.28. The molecule has 16 heavy (non-hydrogen) atoms. The summed E-state index contributed by atoms with van der Waals surface area (Å²) >= 11 is 0. The van der Waals surface area contributed by atoms with Crippen LogP contribution in [0.15, 0.2) is 0 Å². The zero-order valence-electron chi connectivity index (χ0n) is 11.4. The standard InChI is InChI=1S/C14H26O2/c1-6-16-13(8-11-7-10(11)2)12(15)9-14(3,4)5/h10-11,13H,6-9H2,1-5H3. The number of carbonyl (C=O) groups is 1. The van der Waals surface area contributed by atoms with Crippen LogP contribution in [0.25, 0.3) is 0 Å². The van der Waals surface area contributed by atoms with E-state index in [9.17, 15) is 4.79 Å². The number of hydrogen-bond acceptors (Lipinski definition) is 2. The number of Topliss-reactive ketones (excluding diaryl/α,β-unsaturated/α-hetero) is 1. The summed E-state index contributed by atoms with van der Waals surface area (Å²) < 4.78 is 5.60. The maximum Gasteiger partial charge on any atom is 0.162 e. The van der Waals surface area contributed by atoms with Crippen molar-refractivity contribution in [1.29, 1.82) is 0 Å². The fraction of sp³-hybridized carbons (Fsp3) is 0.929. The minimum absolute atomic E-state index is 0.0710. The quantitative estimate of drug-likeness (QED) is 0.693. The maximum atomic E-state index is 12.1. The van der Waals surface area contributed by atoms with Gasteiger partial charge in [0.25, 0.3) is 0 Å². The highest BCUT2D eigenvalue weighted by atomic mass is 16.5. The maximum absolute atomic E-state index is 12.1. The van der Waals surface area contributed by atoms with Crippen LogP contribution in [0.3, 0.4) is 0 Å². The fourth-order valence-corrected chi connectivity index (χ4v) is 2.13. The molecule has 0 radical (unpaired) electrons. The predicted octanol–water partition coefficient (Wildman–Crippen LogP) is 3.44. The molecule has 2 nitrogen and oxygen atoms in total. The third kappa shape index (κ3) is 4.65. The van der Waals surface area contributed by atoms with Crippen LogP contribution < -0.4 is 0 Å². The second-order valence-electron chi connectivity index (χ2n) is 6.36. The molecule has 0 bridgehead atoms. The Morgan fingerprint density at radius 1 is 1.44 bits per heavy atom. The Kier molecular flexibility index (Phi) is 4.54. The minimum Gasteiger partial charge on any atom is -0.371 e. The molecular formula is C14H26O2. The molecule has 1 rings (SSSR count). The van der Waals surface area contributed by atoms with Crippen LogP contribution >= 0.6 is 0 Å². The average Bonchev–Trinajstić information content (AvgIpc) is 2.78. The van der Waals surface area contributed by atoms with Crippen molar-refractivity contribution in [3.8, 4) is 0 Å². The van der Waals surface area contributed by atoms with Crippen LogP contribution in [0, 0.1) is 17.3 Å². The second kappa shape index (κ2) is 5.31. The molecule has 0 aromatic rings. The number of hydrogen-bond donors (Lipinski definition) is 0. The van der Waals surface area contributed by atoms with E-state index < -0.39 is 0 Å². The smallest absolute Gasteiger partial charge is 0.162 e. The molecule has 1 saturated carbocycles. The molecule has 0 aromatic carbocycles. The molecule has 2 heteroatoms. The Morgan fingerprint density at radius 2 is 2.00 bits per heavy atom. The van der Waals surface area contributed by atoms with Gasteiger partial charge in [-0.25, -0.2) is 0 Å². The molecule has 3 unspecified atom stereocenters. The summed E-state index contributed by atoms with van der Waals surface area (Å²) in [5.41, 5.74) is 0.0710. The normalized spacial score (nSPS) is 26.6. The van der Waals surface area contributed by atoms with E-state index in [1.807, 2.05) is 6.92 Å². The van der Waals surface area contributed by atoms with Gasteiger partial charge in [0.15, 0.2) is 5.78 Å². The molecule has 0 saturated heterocycles. The summed E-state index contributed by atoms with van der Waals surface area (Å²) in [5, 5.41) is 0. The first kappa shape index (κ1) is 13.7. The van der Waals surface area contributed by atoms with Gasteiger partial charge in [-0.2, -0.15) is 0 Å². The Labute approximate surface area is 99.8 Å². The first-order chi connectivity index (χ1) is 7.33. The molecule has 0 N–H and O–H groups in total. The zero-order valence-corrected chi connectivity index (χ0v) is 11.4. The number of ketones is 1. The third-order valence-corrected chi connectivity index (χ3v) is 3.22. The van der Waals surface area contributed by atoms with E-state index in [0.717, 1.165) is 18.3 Å². The van der Waals surface area contributed by atoms with E-state index in [2.05, 4.69) is 27.7 Å². The summed E-state index contributed by atoms with van der Waals surface area (Å²) in [6.07, 6.45) is 2.67. The summed E-state index contributed by atoms with van der Waals surface area (Å²) in [6, 6.07) is 0. The van der Waals surface area contributed by atoms with Crippen LogP contribution in [-0.2, 0) is 9.53 Å². The molecule has 0 aromatic heterocycles. The predicted molar refractivity (Wildman–Crippen MR) is 66.4 cm³/mol. The molecule has 1 aliphatic rings. The van der Waals surface area contributed by atoms with Gasteiger partial charge in [0, 0.05) is 13.0 Å². The van der Waals surface area contributed by atoms with Gasteiger partial charge in [0.05, 0.1) is 0 Å². The van der Waals surface area contributed by atoms with Crippen molar-refractivity contribution < 1.29 is 9.53 Å². The lowest BCUT2D eigenvalue weighted by molar-refractivity contribution is -0.132. The lowest BCUT2D eigenvalue weighted by Gasteiger charge is -2.22. The molecule has 3 atom stereocenters. The summed E-state index contributed by atoms with van der Waals surface area (Å²) in [7, 11) is 0. The van der Waals surface area contributed by atoms with Crippen molar-refractivity contribution >= 4 is 5.78 Å². The largest absolute Gasteiger partial charge is 0.371 e. The monoisotopic (exact) mass is 226 g/mol. The molecule has 0 heterocycles. The van der Waals surface area contributed by atoms with E-state index >= 15 is 0 Å². The lowest BCUT2D eigenvalue weighted by atomic mass is 9.87. The first-order valence-corrected chi connectivity index (χ1v) is 6.48. The van der Waals surface area contributed by atoms with Gasteiger partial charge < -0.3 is 4.74 Å². The van der Waals surface area contributed by atoms with Gasteiger partial charge in [-0.1, -0.05) is 27.7 Å². The van der Waals surface area contributed by atoms with Gasteiger partial charge in [-0.05, 0) is 37.0 Å². The Hall–Kier alpha value is -0.370. The minimum atomic E-state index is -0.154. The molecule has 94 valence electrons. The Morgan fingerprint density at radius 3 is 2.38 bits per heavy atom. The third-order valence-electron chi connectivity index (χ3n) is 3.22. The van der Waals surface area contributed by atoms with Crippen LogP contribution in [0.5, 0.6) is 0 Å². The fourth-order valence-electron chi connectivity index (χ4n) is 2.13. The van der Waals surface area contributed by atoms with Crippen LogP contribution in [0.2, 0.25) is 0 Å². The van der Waals surface area contributed by atoms with Crippen molar-refractivity contribution in [3.63, 3.8) is 0 Å². The zero-order chi connectivity index (χ0) is 12.3. The molecular weight excluding hydrogens is 200 g/mol. The number of ether oxygens (including phenoxy) is 1. The summed E-state index contributed by atoms with van der Waals surface area (Å²) in [4.78, 5) is 12.1. The van der Waals surface area contributed by atoms with Crippen molar-refractivity contribution in [2.24, 2.45) is 17.3 Å². The van der Waals surface area contributed by atoms with Gasteiger partial charge in [0.1, 0.15) is 6.10 Å². The van der Waals surface area contributed by atoms with E-state index in [1.165, 1.54) is 6.42 Å². The molecule has 1 aliphatic carbocycles. The van der Waals surface area contributed by atoms with E-state index in [1.54, 1.807) is 0 Å². The first-order valence-electron chi connectivity index (χ1n) is 6.48. The molecule has 0 aliphatic heterocycles.